The van der Waals surface area contributed by atoms with Gasteiger partial charge in [0, 0.05) is 45.0 Å². The van der Waals surface area contributed by atoms with Crippen LogP contribution in [0.3, 0.4) is 0 Å². The summed E-state index contributed by atoms with van der Waals surface area (Å²) in [7, 11) is 1.80. The Morgan fingerprint density at radius 3 is 3.00 bits per heavy atom. The van der Waals surface area contributed by atoms with Gasteiger partial charge in [-0.25, -0.2) is 0 Å². The van der Waals surface area contributed by atoms with Gasteiger partial charge in [-0.1, -0.05) is 18.2 Å². The van der Waals surface area contributed by atoms with E-state index in [4.69, 9.17) is 4.74 Å². The maximum Gasteiger partial charge on any atom is 0.0468 e. The third-order valence-corrected chi connectivity index (χ3v) is 4.89. The zero-order chi connectivity index (χ0) is 13.8. The number of para-hydroxylation sites is 1. The SMILES string of the molecule is COCCC1(CNCC2CCNc3ccccc32)CC1. The highest BCUT2D eigenvalue weighted by molar-refractivity contribution is 5.54. The monoisotopic (exact) mass is 274 g/mol. The number of hydrogen-bond acceptors (Lipinski definition) is 3. The maximum atomic E-state index is 5.22. The lowest BCUT2D eigenvalue weighted by molar-refractivity contribution is 0.171. The van der Waals surface area contributed by atoms with Gasteiger partial charge in [-0.2, -0.15) is 0 Å². The summed E-state index contributed by atoms with van der Waals surface area (Å²) in [6.45, 7) is 4.26. The number of rotatable bonds is 7. The summed E-state index contributed by atoms with van der Waals surface area (Å²) in [6, 6.07) is 8.74. The fourth-order valence-corrected chi connectivity index (χ4v) is 3.28. The highest BCUT2D eigenvalue weighted by Crippen LogP contribution is 2.48. The largest absolute Gasteiger partial charge is 0.385 e. The number of nitrogens with one attached hydrogen (secondary N) is 2. The molecule has 2 aliphatic rings. The Labute approximate surface area is 122 Å². The van der Waals surface area contributed by atoms with Crippen molar-refractivity contribution in [3.8, 4) is 0 Å². The average molecular weight is 274 g/mol. The van der Waals surface area contributed by atoms with Crippen LogP contribution in [0.25, 0.3) is 0 Å². The molecule has 3 nitrogen and oxygen atoms in total. The molecule has 1 fully saturated rings. The number of fused-ring (bicyclic) bond motifs is 1. The predicted molar refractivity (Wildman–Crippen MR) is 83.3 cm³/mol. The molecule has 0 bridgehead atoms. The Bertz CT molecular complexity index is 442. The number of benzene rings is 1. The van der Waals surface area contributed by atoms with E-state index in [2.05, 4.69) is 34.9 Å². The molecule has 0 amide bonds. The summed E-state index contributed by atoms with van der Waals surface area (Å²) < 4.78 is 5.22. The lowest BCUT2D eigenvalue weighted by atomic mass is 9.90. The number of ether oxygens (including phenoxy) is 1. The molecule has 1 aliphatic heterocycles. The van der Waals surface area contributed by atoms with E-state index in [0.29, 0.717) is 11.3 Å². The zero-order valence-electron chi connectivity index (χ0n) is 12.5. The topological polar surface area (TPSA) is 33.3 Å². The van der Waals surface area contributed by atoms with Crippen LogP contribution in [0.5, 0.6) is 0 Å². The second-order valence-corrected chi connectivity index (χ2v) is 6.37. The van der Waals surface area contributed by atoms with Gasteiger partial charge in [0.25, 0.3) is 0 Å². The van der Waals surface area contributed by atoms with Gasteiger partial charge >= 0.3 is 0 Å². The summed E-state index contributed by atoms with van der Waals surface area (Å²) in [5, 5.41) is 7.22. The molecule has 1 saturated carbocycles. The molecule has 1 heterocycles. The Balaban J connectivity index is 1.50. The Kier molecular flexibility index (Phi) is 4.27. The van der Waals surface area contributed by atoms with Crippen molar-refractivity contribution in [3.63, 3.8) is 0 Å². The average Bonchev–Trinajstić information content (AvgIpc) is 3.26. The molecule has 1 aromatic rings. The molecule has 1 unspecified atom stereocenters. The Morgan fingerprint density at radius 2 is 2.20 bits per heavy atom. The van der Waals surface area contributed by atoms with E-state index in [1.807, 2.05) is 0 Å². The lowest BCUT2D eigenvalue weighted by Gasteiger charge is -2.27. The van der Waals surface area contributed by atoms with Crippen LogP contribution in [0.15, 0.2) is 24.3 Å². The standard InChI is InChI=1S/C17H26N2O/c1-20-11-9-17(7-8-17)13-18-12-14-6-10-19-16-5-3-2-4-15(14)16/h2-5,14,18-19H,6-13H2,1H3. The van der Waals surface area contributed by atoms with Crippen LogP contribution in [-0.2, 0) is 4.74 Å². The van der Waals surface area contributed by atoms with Gasteiger partial charge in [-0.3, -0.25) is 0 Å². The van der Waals surface area contributed by atoms with Gasteiger partial charge in [0.15, 0.2) is 0 Å². The predicted octanol–water partition coefficient (Wildman–Crippen LogP) is 2.99. The van der Waals surface area contributed by atoms with E-state index in [1.165, 1.54) is 36.9 Å². The van der Waals surface area contributed by atoms with Crippen molar-refractivity contribution in [1.82, 2.24) is 5.32 Å². The summed E-state index contributed by atoms with van der Waals surface area (Å²) in [5.74, 6) is 0.658. The summed E-state index contributed by atoms with van der Waals surface area (Å²) >= 11 is 0. The number of hydrogen-bond donors (Lipinski definition) is 2. The third-order valence-electron chi connectivity index (χ3n) is 4.89. The van der Waals surface area contributed by atoms with Crippen LogP contribution in [0.4, 0.5) is 5.69 Å². The minimum Gasteiger partial charge on any atom is -0.385 e. The van der Waals surface area contributed by atoms with E-state index in [-0.39, 0.29) is 0 Å². The molecule has 2 N–H and O–H groups in total. The van der Waals surface area contributed by atoms with Crippen molar-refractivity contribution in [3.05, 3.63) is 29.8 Å². The highest BCUT2D eigenvalue weighted by atomic mass is 16.5. The normalized spacial score (nSPS) is 22.9. The summed E-state index contributed by atoms with van der Waals surface area (Å²) in [5.41, 5.74) is 3.35. The van der Waals surface area contributed by atoms with Crippen molar-refractivity contribution >= 4 is 5.69 Å². The molecule has 3 rings (SSSR count). The van der Waals surface area contributed by atoms with Crippen LogP contribution >= 0.6 is 0 Å². The first-order valence-corrected chi connectivity index (χ1v) is 7.85. The maximum absolute atomic E-state index is 5.22. The molecule has 1 aromatic carbocycles. The third kappa shape index (κ3) is 3.15. The molecular formula is C17H26N2O. The van der Waals surface area contributed by atoms with E-state index >= 15 is 0 Å². The molecule has 0 saturated heterocycles. The molecular weight excluding hydrogens is 248 g/mol. The summed E-state index contributed by atoms with van der Waals surface area (Å²) in [6.07, 6.45) is 5.17. The van der Waals surface area contributed by atoms with Gasteiger partial charge < -0.3 is 15.4 Å². The van der Waals surface area contributed by atoms with Crippen molar-refractivity contribution in [2.45, 2.75) is 31.6 Å². The van der Waals surface area contributed by atoms with Crippen LogP contribution in [0.2, 0.25) is 0 Å². The first-order chi connectivity index (χ1) is 9.83. The molecule has 0 spiro atoms. The van der Waals surface area contributed by atoms with E-state index in [9.17, 15) is 0 Å². The second-order valence-electron chi connectivity index (χ2n) is 6.37. The van der Waals surface area contributed by atoms with E-state index in [0.717, 1.165) is 26.2 Å². The minimum absolute atomic E-state index is 0.544. The molecule has 1 aliphatic carbocycles. The van der Waals surface area contributed by atoms with Gasteiger partial charge in [0.2, 0.25) is 0 Å². The van der Waals surface area contributed by atoms with Crippen LogP contribution in [-0.4, -0.2) is 33.4 Å². The minimum atomic E-state index is 0.544. The van der Waals surface area contributed by atoms with Crippen LogP contribution < -0.4 is 10.6 Å². The lowest BCUT2D eigenvalue weighted by Crippen LogP contribution is -2.31. The van der Waals surface area contributed by atoms with Crippen molar-refractivity contribution in [2.24, 2.45) is 5.41 Å². The van der Waals surface area contributed by atoms with Gasteiger partial charge in [0.05, 0.1) is 0 Å². The smallest absolute Gasteiger partial charge is 0.0468 e. The molecule has 20 heavy (non-hydrogen) atoms. The fraction of sp³-hybridized carbons (Fsp3) is 0.647. The van der Waals surface area contributed by atoms with Crippen molar-refractivity contribution < 1.29 is 4.74 Å². The molecule has 1 atom stereocenters. The van der Waals surface area contributed by atoms with Gasteiger partial charge in [-0.15, -0.1) is 0 Å². The molecule has 110 valence electrons. The Morgan fingerprint density at radius 1 is 1.35 bits per heavy atom. The second kappa shape index (κ2) is 6.15. The van der Waals surface area contributed by atoms with E-state index < -0.39 is 0 Å². The number of anilines is 1. The van der Waals surface area contributed by atoms with Crippen LogP contribution in [0.1, 0.15) is 37.2 Å². The fourth-order valence-electron chi connectivity index (χ4n) is 3.28. The summed E-state index contributed by atoms with van der Waals surface area (Å²) in [4.78, 5) is 0. The zero-order valence-corrected chi connectivity index (χ0v) is 12.5. The van der Waals surface area contributed by atoms with Gasteiger partial charge in [-0.05, 0) is 42.7 Å². The molecule has 0 radical (unpaired) electrons. The molecule has 3 heteroatoms. The van der Waals surface area contributed by atoms with Crippen molar-refractivity contribution in [1.29, 1.82) is 0 Å². The number of methoxy groups -OCH3 is 1. The molecule has 0 aromatic heterocycles. The first kappa shape index (κ1) is 13.9. The van der Waals surface area contributed by atoms with Crippen LogP contribution in [0, 0.1) is 5.41 Å². The van der Waals surface area contributed by atoms with Crippen molar-refractivity contribution in [2.75, 3.05) is 38.7 Å². The Hall–Kier alpha value is -1.06. The van der Waals surface area contributed by atoms with Gasteiger partial charge in [0.1, 0.15) is 0 Å². The first-order valence-electron chi connectivity index (χ1n) is 7.85. The van der Waals surface area contributed by atoms with E-state index in [1.54, 1.807) is 7.11 Å². The highest BCUT2D eigenvalue weighted by Gasteiger charge is 2.41. The quantitative estimate of drug-likeness (QED) is 0.802.